The maximum absolute atomic E-state index is 6.12. The van der Waals surface area contributed by atoms with Crippen molar-refractivity contribution in [2.45, 2.75) is 26.3 Å². The van der Waals surface area contributed by atoms with Gasteiger partial charge in [0.25, 0.3) is 0 Å². The van der Waals surface area contributed by atoms with E-state index in [1.807, 2.05) is 0 Å². The van der Waals surface area contributed by atoms with E-state index in [4.69, 9.17) is 9.47 Å². The molecule has 2 aromatic rings. The fourth-order valence-electron chi connectivity index (χ4n) is 3.02. The summed E-state index contributed by atoms with van der Waals surface area (Å²) in [6, 6.07) is 10.6. The zero-order valence-electron chi connectivity index (χ0n) is 16.2. The minimum atomic E-state index is 0.498. The van der Waals surface area contributed by atoms with Crippen LogP contribution in [0.5, 0.6) is 5.75 Å². The number of guanidine groups is 1. The number of aryl methyl sites for hydroxylation is 1. The number of hydrogen-bond donors (Lipinski definition) is 2. The maximum atomic E-state index is 6.12. The van der Waals surface area contributed by atoms with Crippen molar-refractivity contribution < 1.29 is 9.47 Å². The van der Waals surface area contributed by atoms with Gasteiger partial charge in [0.05, 0.1) is 13.2 Å². The molecule has 0 aliphatic carbocycles. The summed E-state index contributed by atoms with van der Waals surface area (Å²) in [6.07, 6.45) is 2.08. The molecule has 0 radical (unpaired) electrons. The third kappa shape index (κ3) is 6.26. The fraction of sp³-hybridized carbons (Fsp3) is 0.476. The molecule has 1 aromatic heterocycles. The van der Waals surface area contributed by atoms with E-state index in [1.165, 1.54) is 10.4 Å². The predicted molar refractivity (Wildman–Crippen MR) is 112 cm³/mol. The minimum Gasteiger partial charge on any atom is -0.493 e. The van der Waals surface area contributed by atoms with Crippen molar-refractivity contribution in [3.05, 3.63) is 51.7 Å². The van der Waals surface area contributed by atoms with Crippen LogP contribution < -0.4 is 15.4 Å². The Morgan fingerprint density at radius 2 is 2.26 bits per heavy atom. The van der Waals surface area contributed by atoms with Crippen molar-refractivity contribution in [1.82, 2.24) is 10.6 Å². The second-order valence-electron chi connectivity index (χ2n) is 6.83. The number of nitrogens with one attached hydrogen (secondary N) is 2. The molecule has 1 fully saturated rings. The molecule has 1 unspecified atom stereocenters. The standard InChI is InChI=1S/C21H29N3O2S/c1-16-5-6-18(20(12-16)26-15-17-8-10-25-14-17)13-24-21(22-2)23-9-7-19-4-3-11-27-19/h3-6,11-12,17H,7-10,13-15H2,1-2H3,(H2,22,23,24). The van der Waals surface area contributed by atoms with Gasteiger partial charge in [0, 0.05) is 43.1 Å². The highest BCUT2D eigenvalue weighted by atomic mass is 32.1. The Morgan fingerprint density at radius 3 is 3.00 bits per heavy atom. The van der Waals surface area contributed by atoms with E-state index in [0.29, 0.717) is 19.1 Å². The molecule has 0 spiro atoms. The molecule has 5 nitrogen and oxygen atoms in total. The summed E-state index contributed by atoms with van der Waals surface area (Å²) in [5.41, 5.74) is 2.34. The van der Waals surface area contributed by atoms with Gasteiger partial charge >= 0.3 is 0 Å². The molecule has 146 valence electrons. The number of aliphatic imine (C=N–C) groups is 1. The van der Waals surface area contributed by atoms with Gasteiger partial charge in [-0.2, -0.15) is 0 Å². The normalized spacial score (nSPS) is 17.1. The van der Waals surface area contributed by atoms with Crippen LogP contribution in [0.25, 0.3) is 0 Å². The first kappa shape index (κ1) is 19.7. The van der Waals surface area contributed by atoms with Crippen LogP contribution in [0.1, 0.15) is 22.4 Å². The topological polar surface area (TPSA) is 54.9 Å². The summed E-state index contributed by atoms with van der Waals surface area (Å²) >= 11 is 1.79. The molecular formula is C21H29N3O2S. The molecule has 1 saturated heterocycles. The van der Waals surface area contributed by atoms with Crippen LogP contribution in [0, 0.1) is 12.8 Å². The van der Waals surface area contributed by atoms with Gasteiger partial charge in [0.1, 0.15) is 5.75 Å². The lowest BCUT2D eigenvalue weighted by Gasteiger charge is -2.17. The van der Waals surface area contributed by atoms with Crippen LogP contribution in [-0.4, -0.2) is 39.4 Å². The maximum Gasteiger partial charge on any atom is 0.191 e. The van der Waals surface area contributed by atoms with Gasteiger partial charge in [-0.25, -0.2) is 0 Å². The summed E-state index contributed by atoms with van der Waals surface area (Å²) < 4.78 is 11.6. The van der Waals surface area contributed by atoms with Crippen molar-refractivity contribution in [2.75, 3.05) is 33.4 Å². The van der Waals surface area contributed by atoms with Crippen LogP contribution >= 0.6 is 11.3 Å². The molecule has 1 aliphatic rings. The molecule has 3 rings (SSSR count). The fourth-order valence-corrected chi connectivity index (χ4v) is 3.73. The van der Waals surface area contributed by atoms with Gasteiger partial charge in [-0.1, -0.05) is 18.2 Å². The highest BCUT2D eigenvalue weighted by molar-refractivity contribution is 7.09. The number of benzene rings is 1. The van der Waals surface area contributed by atoms with Crippen LogP contribution in [-0.2, 0) is 17.7 Å². The minimum absolute atomic E-state index is 0.498. The molecule has 1 atom stereocenters. The number of ether oxygens (including phenoxy) is 2. The van der Waals surface area contributed by atoms with Crippen molar-refractivity contribution in [3.8, 4) is 5.75 Å². The molecule has 0 amide bonds. The quantitative estimate of drug-likeness (QED) is 0.539. The van der Waals surface area contributed by atoms with E-state index in [-0.39, 0.29) is 0 Å². The average Bonchev–Trinajstić information content (AvgIpc) is 3.37. The lowest BCUT2D eigenvalue weighted by atomic mass is 10.1. The molecule has 1 aliphatic heterocycles. The van der Waals surface area contributed by atoms with E-state index in [1.54, 1.807) is 18.4 Å². The van der Waals surface area contributed by atoms with Crippen LogP contribution in [0.15, 0.2) is 40.7 Å². The Hall–Kier alpha value is -2.05. The molecule has 2 heterocycles. The SMILES string of the molecule is CN=C(NCCc1cccs1)NCc1ccc(C)cc1OCC1CCOC1. The molecule has 1 aromatic carbocycles. The summed E-state index contributed by atoms with van der Waals surface area (Å²) in [7, 11) is 1.80. The Bertz CT molecular complexity index is 725. The number of hydrogen-bond acceptors (Lipinski definition) is 4. The van der Waals surface area contributed by atoms with Crippen LogP contribution in [0.3, 0.4) is 0 Å². The summed E-state index contributed by atoms with van der Waals surface area (Å²) in [4.78, 5) is 5.70. The van der Waals surface area contributed by atoms with Gasteiger partial charge in [0.2, 0.25) is 0 Å². The smallest absolute Gasteiger partial charge is 0.191 e. The van der Waals surface area contributed by atoms with E-state index in [2.05, 4.69) is 58.3 Å². The lowest BCUT2D eigenvalue weighted by Crippen LogP contribution is -2.37. The van der Waals surface area contributed by atoms with Gasteiger partial charge in [-0.15, -0.1) is 11.3 Å². The third-order valence-corrected chi connectivity index (χ3v) is 5.57. The zero-order valence-corrected chi connectivity index (χ0v) is 17.0. The summed E-state index contributed by atoms with van der Waals surface area (Å²) in [5, 5.41) is 8.88. The second-order valence-corrected chi connectivity index (χ2v) is 7.87. The molecule has 0 saturated carbocycles. The Morgan fingerprint density at radius 1 is 1.33 bits per heavy atom. The van der Waals surface area contributed by atoms with E-state index in [0.717, 1.165) is 49.9 Å². The first-order valence-electron chi connectivity index (χ1n) is 9.51. The number of rotatable bonds is 8. The molecule has 2 N–H and O–H groups in total. The summed E-state index contributed by atoms with van der Waals surface area (Å²) in [6.45, 7) is 6.00. The van der Waals surface area contributed by atoms with Gasteiger partial charge in [-0.05, 0) is 42.8 Å². The van der Waals surface area contributed by atoms with E-state index in [9.17, 15) is 0 Å². The largest absolute Gasteiger partial charge is 0.493 e. The highest BCUT2D eigenvalue weighted by Crippen LogP contribution is 2.22. The van der Waals surface area contributed by atoms with Crippen LogP contribution in [0.4, 0.5) is 0 Å². The van der Waals surface area contributed by atoms with E-state index >= 15 is 0 Å². The van der Waals surface area contributed by atoms with Crippen LogP contribution in [0.2, 0.25) is 0 Å². The van der Waals surface area contributed by atoms with Crippen molar-refractivity contribution in [1.29, 1.82) is 0 Å². The van der Waals surface area contributed by atoms with Gasteiger partial charge in [-0.3, -0.25) is 4.99 Å². The van der Waals surface area contributed by atoms with E-state index < -0.39 is 0 Å². The molecule has 6 heteroatoms. The Balaban J connectivity index is 1.50. The van der Waals surface area contributed by atoms with Crippen molar-refractivity contribution in [2.24, 2.45) is 10.9 Å². The Labute approximate surface area is 165 Å². The number of thiophene rings is 1. The third-order valence-electron chi connectivity index (χ3n) is 4.64. The van der Waals surface area contributed by atoms with Crippen molar-refractivity contribution >= 4 is 17.3 Å². The predicted octanol–water partition coefficient (Wildman–Crippen LogP) is 3.38. The average molecular weight is 388 g/mol. The van der Waals surface area contributed by atoms with Crippen molar-refractivity contribution in [3.63, 3.8) is 0 Å². The highest BCUT2D eigenvalue weighted by Gasteiger charge is 2.17. The first-order chi connectivity index (χ1) is 13.2. The summed E-state index contributed by atoms with van der Waals surface area (Å²) in [5.74, 6) is 2.25. The molecule has 0 bridgehead atoms. The Kier molecular flexibility index (Phi) is 7.54. The zero-order chi connectivity index (χ0) is 18.9. The van der Waals surface area contributed by atoms with Gasteiger partial charge < -0.3 is 20.1 Å². The number of nitrogens with zero attached hydrogens (tertiary/aromatic N) is 1. The second kappa shape index (κ2) is 10.3. The molecular weight excluding hydrogens is 358 g/mol. The first-order valence-corrected chi connectivity index (χ1v) is 10.4. The van der Waals surface area contributed by atoms with Gasteiger partial charge in [0.15, 0.2) is 5.96 Å². The molecule has 27 heavy (non-hydrogen) atoms. The monoisotopic (exact) mass is 387 g/mol. The lowest BCUT2D eigenvalue weighted by molar-refractivity contribution is 0.166.